The molecule has 3 heterocycles. The minimum Gasteiger partial charge on any atom is -0.379 e. The van der Waals surface area contributed by atoms with Crippen molar-refractivity contribution in [1.82, 2.24) is 13.8 Å². The van der Waals surface area contributed by atoms with Crippen LogP contribution in [0, 0.1) is 0 Å². The van der Waals surface area contributed by atoms with E-state index in [2.05, 4.69) is 4.57 Å². The van der Waals surface area contributed by atoms with E-state index >= 15 is 0 Å². The highest BCUT2D eigenvalue weighted by molar-refractivity contribution is 7.89. The van der Waals surface area contributed by atoms with Gasteiger partial charge in [-0.1, -0.05) is 23.2 Å². The maximum absolute atomic E-state index is 13.0. The normalized spacial score (nSPS) is 17.5. The molecule has 2 saturated heterocycles. The number of benzene rings is 2. The van der Waals surface area contributed by atoms with E-state index in [4.69, 9.17) is 32.9 Å². The summed E-state index contributed by atoms with van der Waals surface area (Å²) in [6.45, 7) is 3.63. The SMILES string of the molecule is O=C1CCCN1CCCn1c(-c2ccc(Cl)cc2Cl)csc1=Nc1ccc(S(=O)(=O)N2CCOCC2)cc1. The largest absolute Gasteiger partial charge is 0.379 e. The van der Waals surface area contributed by atoms with Crippen LogP contribution in [-0.2, 0) is 26.1 Å². The fraction of sp³-hybridized carbons (Fsp3) is 0.385. The molecule has 2 fully saturated rings. The van der Waals surface area contributed by atoms with Gasteiger partial charge in [0.15, 0.2) is 4.80 Å². The number of carbonyl (C=O) groups is 1. The summed E-state index contributed by atoms with van der Waals surface area (Å²) in [5.41, 5.74) is 2.40. The summed E-state index contributed by atoms with van der Waals surface area (Å²) in [7, 11) is -3.57. The van der Waals surface area contributed by atoms with E-state index in [9.17, 15) is 13.2 Å². The molecule has 0 radical (unpaired) electrons. The first-order valence-electron chi connectivity index (χ1n) is 12.5. The van der Waals surface area contributed by atoms with Gasteiger partial charge in [-0.3, -0.25) is 4.79 Å². The molecular formula is C26H28Cl2N4O4S2. The molecule has 0 bridgehead atoms. The molecule has 8 nitrogen and oxygen atoms in total. The smallest absolute Gasteiger partial charge is 0.243 e. The number of hydrogen-bond donors (Lipinski definition) is 0. The van der Waals surface area contributed by atoms with Gasteiger partial charge in [0.2, 0.25) is 15.9 Å². The van der Waals surface area contributed by atoms with Gasteiger partial charge in [0, 0.05) is 55.1 Å². The van der Waals surface area contributed by atoms with Crippen molar-refractivity contribution >= 4 is 56.2 Å². The van der Waals surface area contributed by atoms with E-state index in [0.29, 0.717) is 61.5 Å². The van der Waals surface area contributed by atoms with Crippen LogP contribution < -0.4 is 4.80 Å². The second kappa shape index (κ2) is 11.9. The topological polar surface area (TPSA) is 84.2 Å². The Balaban J connectivity index is 1.44. The molecule has 1 amide bonds. The van der Waals surface area contributed by atoms with Gasteiger partial charge in [-0.15, -0.1) is 11.3 Å². The van der Waals surface area contributed by atoms with Crippen molar-refractivity contribution in [3.05, 3.63) is 62.7 Å². The van der Waals surface area contributed by atoms with Gasteiger partial charge in [0.05, 0.1) is 34.5 Å². The molecule has 0 atom stereocenters. The average molecular weight is 596 g/mol. The second-order valence-corrected chi connectivity index (χ2v) is 12.8. The summed E-state index contributed by atoms with van der Waals surface area (Å²) in [4.78, 5) is 19.8. The van der Waals surface area contributed by atoms with E-state index in [1.807, 2.05) is 16.3 Å². The van der Waals surface area contributed by atoms with Crippen LogP contribution in [0.3, 0.4) is 0 Å². The number of carbonyl (C=O) groups excluding carboxylic acids is 1. The summed E-state index contributed by atoms with van der Waals surface area (Å²) in [6, 6.07) is 12.0. The molecule has 3 aromatic rings. The standard InChI is InChI=1S/C26H28Cl2N4O4S2/c27-19-4-9-22(23(28)17-19)24-18-37-26(32(24)12-2-11-30-10-1-3-25(30)33)29-20-5-7-21(8-6-20)38(34,35)31-13-15-36-16-14-31/h4-9,17-18H,1-3,10-16H2. The van der Waals surface area contributed by atoms with E-state index in [0.717, 1.165) is 35.4 Å². The second-order valence-electron chi connectivity index (χ2n) is 9.14. The molecule has 202 valence electrons. The molecule has 2 aliphatic rings. The van der Waals surface area contributed by atoms with Gasteiger partial charge in [0.25, 0.3) is 0 Å². The van der Waals surface area contributed by atoms with Crippen molar-refractivity contribution < 1.29 is 17.9 Å². The van der Waals surface area contributed by atoms with Crippen LogP contribution in [0.5, 0.6) is 0 Å². The summed E-state index contributed by atoms with van der Waals surface area (Å²) in [6.07, 6.45) is 2.30. The Hall–Kier alpha value is -2.21. The van der Waals surface area contributed by atoms with Crippen molar-refractivity contribution in [3.8, 4) is 11.3 Å². The Morgan fingerprint density at radius 3 is 2.45 bits per heavy atom. The van der Waals surface area contributed by atoms with E-state index < -0.39 is 10.0 Å². The number of ether oxygens (including phenoxy) is 1. The first-order chi connectivity index (χ1) is 18.3. The first kappa shape index (κ1) is 27.4. The maximum Gasteiger partial charge on any atom is 0.243 e. The van der Waals surface area contributed by atoms with Crippen LogP contribution in [0.2, 0.25) is 10.0 Å². The van der Waals surface area contributed by atoms with Crippen LogP contribution in [0.25, 0.3) is 11.3 Å². The third kappa shape index (κ3) is 6.00. The maximum atomic E-state index is 13.0. The van der Waals surface area contributed by atoms with Crippen molar-refractivity contribution in [2.24, 2.45) is 4.99 Å². The highest BCUT2D eigenvalue weighted by atomic mass is 35.5. The lowest BCUT2D eigenvalue weighted by Crippen LogP contribution is -2.40. The highest BCUT2D eigenvalue weighted by Crippen LogP contribution is 2.31. The van der Waals surface area contributed by atoms with Crippen LogP contribution in [0.15, 0.2) is 57.7 Å². The van der Waals surface area contributed by atoms with Crippen molar-refractivity contribution in [3.63, 3.8) is 0 Å². The molecule has 0 N–H and O–H groups in total. The number of nitrogens with zero attached hydrogens (tertiary/aromatic N) is 4. The minimum absolute atomic E-state index is 0.207. The zero-order valence-corrected chi connectivity index (χ0v) is 23.8. The average Bonchev–Trinajstić information content (AvgIpc) is 3.50. The number of rotatable bonds is 8. The van der Waals surface area contributed by atoms with Crippen LogP contribution in [0.4, 0.5) is 5.69 Å². The molecule has 0 unspecified atom stereocenters. The highest BCUT2D eigenvalue weighted by Gasteiger charge is 2.26. The Labute approximate surface area is 236 Å². The lowest BCUT2D eigenvalue weighted by atomic mass is 10.1. The Bertz CT molecular complexity index is 1480. The van der Waals surface area contributed by atoms with Crippen LogP contribution >= 0.6 is 34.5 Å². The van der Waals surface area contributed by atoms with E-state index in [1.165, 1.54) is 15.6 Å². The summed E-state index contributed by atoms with van der Waals surface area (Å²) in [5.74, 6) is 0.207. The molecule has 5 rings (SSSR count). The molecular weight excluding hydrogens is 567 g/mol. The van der Waals surface area contributed by atoms with Crippen molar-refractivity contribution in [1.29, 1.82) is 0 Å². The molecule has 1 aromatic heterocycles. The number of sulfonamides is 1. The molecule has 0 aliphatic carbocycles. The summed E-state index contributed by atoms with van der Waals surface area (Å²) >= 11 is 14.1. The van der Waals surface area contributed by atoms with Crippen LogP contribution in [-0.4, -0.2) is 67.5 Å². The monoisotopic (exact) mass is 594 g/mol. The van der Waals surface area contributed by atoms with Crippen molar-refractivity contribution in [2.45, 2.75) is 30.7 Å². The molecule has 0 saturated carbocycles. The predicted molar refractivity (Wildman–Crippen MR) is 149 cm³/mol. The summed E-state index contributed by atoms with van der Waals surface area (Å²) < 4.78 is 34.8. The predicted octanol–water partition coefficient (Wildman–Crippen LogP) is 4.79. The fourth-order valence-corrected chi connectivity index (χ4v) is 7.51. The number of halogens is 2. The number of likely N-dealkylation sites (tertiary alicyclic amines) is 1. The molecule has 0 spiro atoms. The Morgan fingerprint density at radius 2 is 1.76 bits per heavy atom. The third-order valence-corrected chi connectivity index (χ3v) is 9.98. The Kier molecular flexibility index (Phi) is 8.56. The van der Waals surface area contributed by atoms with Crippen molar-refractivity contribution in [2.75, 3.05) is 39.4 Å². The van der Waals surface area contributed by atoms with Gasteiger partial charge < -0.3 is 14.2 Å². The number of hydrogen-bond acceptors (Lipinski definition) is 6. The molecule has 38 heavy (non-hydrogen) atoms. The Morgan fingerprint density at radius 1 is 1.00 bits per heavy atom. The molecule has 12 heteroatoms. The number of morpholine rings is 1. The molecule has 2 aliphatic heterocycles. The van der Waals surface area contributed by atoms with Crippen LogP contribution in [0.1, 0.15) is 19.3 Å². The fourth-order valence-electron chi connectivity index (χ4n) is 4.65. The summed E-state index contributed by atoms with van der Waals surface area (Å²) in [5, 5.41) is 3.11. The quantitative estimate of drug-likeness (QED) is 0.375. The first-order valence-corrected chi connectivity index (χ1v) is 15.5. The zero-order chi connectivity index (χ0) is 26.7. The zero-order valence-electron chi connectivity index (χ0n) is 20.7. The third-order valence-electron chi connectivity index (χ3n) is 6.66. The lowest BCUT2D eigenvalue weighted by Gasteiger charge is -2.26. The van der Waals surface area contributed by atoms with Gasteiger partial charge in [-0.05, 0) is 55.3 Å². The van der Waals surface area contributed by atoms with Gasteiger partial charge in [0.1, 0.15) is 0 Å². The van der Waals surface area contributed by atoms with Gasteiger partial charge >= 0.3 is 0 Å². The van der Waals surface area contributed by atoms with Gasteiger partial charge in [-0.2, -0.15) is 4.31 Å². The lowest BCUT2D eigenvalue weighted by molar-refractivity contribution is -0.127. The number of aromatic nitrogens is 1. The number of thiazole rings is 1. The van der Waals surface area contributed by atoms with E-state index in [1.54, 1.807) is 36.4 Å². The number of amides is 1. The van der Waals surface area contributed by atoms with E-state index in [-0.39, 0.29) is 10.8 Å². The minimum atomic E-state index is -3.57. The molecule has 2 aromatic carbocycles. The van der Waals surface area contributed by atoms with Gasteiger partial charge in [-0.25, -0.2) is 13.4 Å².